The van der Waals surface area contributed by atoms with Crippen molar-refractivity contribution >= 4 is 11.6 Å². The summed E-state index contributed by atoms with van der Waals surface area (Å²) in [5, 5.41) is 3.31. The Morgan fingerprint density at radius 2 is 2.11 bits per heavy atom. The molecule has 1 aliphatic heterocycles. The fourth-order valence-electron chi connectivity index (χ4n) is 2.15. The van der Waals surface area contributed by atoms with Crippen molar-refractivity contribution in [3.63, 3.8) is 0 Å². The first-order chi connectivity index (χ1) is 8.40. The van der Waals surface area contributed by atoms with Crippen LogP contribution in [0.3, 0.4) is 0 Å². The van der Waals surface area contributed by atoms with Crippen LogP contribution in [-0.4, -0.2) is 36.1 Å². The van der Waals surface area contributed by atoms with Crippen molar-refractivity contribution in [2.45, 2.75) is 38.6 Å². The van der Waals surface area contributed by atoms with E-state index in [0.717, 1.165) is 31.2 Å². The molecule has 3 N–H and O–H groups in total. The summed E-state index contributed by atoms with van der Waals surface area (Å²) in [6.07, 6.45) is 1.14. The average molecular weight is 249 g/mol. The van der Waals surface area contributed by atoms with Crippen LogP contribution in [-0.2, 0) is 5.41 Å². The molecule has 0 aliphatic carbocycles. The Balaban J connectivity index is 2.26. The summed E-state index contributed by atoms with van der Waals surface area (Å²) in [6.45, 7) is 8.31. The van der Waals surface area contributed by atoms with Gasteiger partial charge in [0.15, 0.2) is 0 Å². The predicted molar refractivity (Wildman–Crippen MR) is 74.8 cm³/mol. The highest BCUT2D eigenvalue weighted by molar-refractivity contribution is 5.48. The van der Waals surface area contributed by atoms with Crippen LogP contribution in [0.2, 0.25) is 0 Å². The van der Waals surface area contributed by atoms with E-state index in [1.807, 2.05) is 13.1 Å². The zero-order valence-corrected chi connectivity index (χ0v) is 11.7. The number of hydrogen-bond donors (Lipinski definition) is 2. The van der Waals surface area contributed by atoms with Crippen molar-refractivity contribution in [1.82, 2.24) is 15.3 Å². The Morgan fingerprint density at radius 1 is 1.39 bits per heavy atom. The summed E-state index contributed by atoms with van der Waals surface area (Å²) >= 11 is 0. The molecule has 5 nitrogen and oxygen atoms in total. The van der Waals surface area contributed by atoms with Crippen LogP contribution in [0.1, 0.15) is 33.0 Å². The maximum absolute atomic E-state index is 5.90. The number of anilines is 2. The van der Waals surface area contributed by atoms with Crippen LogP contribution < -0.4 is 16.0 Å². The largest absolute Gasteiger partial charge is 0.384 e. The van der Waals surface area contributed by atoms with Gasteiger partial charge in [-0.2, -0.15) is 0 Å². The summed E-state index contributed by atoms with van der Waals surface area (Å²) < 4.78 is 0. The molecule has 2 rings (SSSR count). The van der Waals surface area contributed by atoms with Crippen LogP contribution in [0.5, 0.6) is 0 Å². The number of aromatic nitrogens is 2. The molecule has 0 spiro atoms. The number of nitrogen functional groups attached to an aromatic ring is 1. The minimum Gasteiger partial charge on any atom is -0.384 e. The SMILES string of the molecule is CN[C@@H]1CCN(c2cc(N)nc(C(C)(C)C)n2)C1. The maximum atomic E-state index is 5.90. The lowest BCUT2D eigenvalue weighted by Crippen LogP contribution is -2.30. The summed E-state index contributed by atoms with van der Waals surface area (Å²) in [5.41, 5.74) is 5.82. The van der Waals surface area contributed by atoms with Crippen molar-refractivity contribution < 1.29 is 0 Å². The fraction of sp³-hybridized carbons (Fsp3) is 0.692. The topological polar surface area (TPSA) is 67.1 Å². The Morgan fingerprint density at radius 3 is 2.67 bits per heavy atom. The molecule has 0 aromatic carbocycles. The quantitative estimate of drug-likeness (QED) is 0.823. The summed E-state index contributed by atoms with van der Waals surface area (Å²) in [6, 6.07) is 2.41. The van der Waals surface area contributed by atoms with Crippen molar-refractivity contribution in [2.75, 3.05) is 30.8 Å². The van der Waals surface area contributed by atoms with Gasteiger partial charge in [0.1, 0.15) is 17.5 Å². The van der Waals surface area contributed by atoms with E-state index >= 15 is 0 Å². The number of rotatable bonds is 2. The van der Waals surface area contributed by atoms with Crippen LogP contribution >= 0.6 is 0 Å². The van der Waals surface area contributed by atoms with E-state index in [9.17, 15) is 0 Å². The Bertz CT molecular complexity index is 424. The summed E-state index contributed by atoms with van der Waals surface area (Å²) in [4.78, 5) is 11.3. The minimum absolute atomic E-state index is 0.0771. The second kappa shape index (κ2) is 4.72. The first-order valence-corrected chi connectivity index (χ1v) is 6.47. The molecule has 100 valence electrons. The van der Waals surface area contributed by atoms with E-state index in [1.165, 1.54) is 0 Å². The zero-order chi connectivity index (χ0) is 13.3. The lowest BCUT2D eigenvalue weighted by molar-refractivity contribution is 0.545. The van der Waals surface area contributed by atoms with Crippen LogP contribution in [0.15, 0.2) is 6.07 Å². The van der Waals surface area contributed by atoms with E-state index < -0.39 is 0 Å². The van der Waals surface area contributed by atoms with Gasteiger partial charge in [0.05, 0.1) is 0 Å². The standard InChI is InChI=1S/C13H23N5/c1-13(2,3)12-16-10(14)7-11(17-12)18-6-5-9(8-18)15-4/h7,9,15H,5-6,8H2,1-4H3,(H2,14,16,17)/t9-/m1/s1. The fourth-order valence-corrected chi connectivity index (χ4v) is 2.15. The number of hydrogen-bond acceptors (Lipinski definition) is 5. The molecule has 18 heavy (non-hydrogen) atoms. The monoisotopic (exact) mass is 249 g/mol. The van der Waals surface area contributed by atoms with Gasteiger partial charge < -0.3 is 16.0 Å². The van der Waals surface area contributed by atoms with Gasteiger partial charge in [-0.15, -0.1) is 0 Å². The van der Waals surface area contributed by atoms with E-state index in [0.29, 0.717) is 11.9 Å². The van der Waals surface area contributed by atoms with Crippen molar-refractivity contribution in [3.05, 3.63) is 11.9 Å². The molecular weight excluding hydrogens is 226 g/mol. The minimum atomic E-state index is -0.0771. The molecule has 5 heteroatoms. The molecule has 0 bridgehead atoms. The van der Waals surface area contributed by atoms with E-state index in [-0.39, 0.29) is 5.41 Å². The third-order valence-corrected chi connectivity index (χ3v) is 3.32. The Kier molecular flexibility index (Phi) is 3.43. The third-order valence-electron chi connectivity index (χ3n) is 3.32. The Hall–Kier alpha value is -1.36. The number of nitrogens with two attached hydrogens (primary N) is 1. The Labute approximate surface area is 109 Å². The van der Waals surface area contributed by atoms with Gasteiger partial charge in [0.2, 0.25) is 0 Å². The van der Waals surface area contributed by atoms with E-state index in [2.05, 4.69) is 41.0 Å². The molecule has 0 radical (unpaired) electrons. The highest BCUT2D eigenvalue weighted by Crippen LogP contribution is 2.25. The average Bonchev–Trinajstić information content (AvgIpc) is 2.75. The van der Waals surface area contributed by atoms with Crippen LogP contribution in [0.4, 0.5) is 11.6 Å². The lowest BCUT2D eigenvalue weighted by atomic mass is 9.96. The van der Waals surface area contributed by atoms with Crippen molar-refractivity contribution in [1.29, 1.82) is 0 Å². The number of nitrogens with one attached hydrogen (secondary N) is 1. The molecule has 1 aromatic rings. The molecule has 1 fully saturated rings. The highest BCUT2D eigenvalue weighted by atomic mass is 15.2. The van der Waals surface area contributed by atoms with E-state index in [1.54, 1.807) is 0 Å². The van der Waals surface area contributed by atoms with Gasteiger partial charge in [0.25, 0.3) is 0 Å². The smallest absolute Gasteiger partial charge is 0.138 e. The molecule has 1 aromatic heterocycles. The number of nitrogens with zero attached hydrogens (tertiary/aromatic N) is 3. The first kappa shape index (κ1) is 13.1. The normalized spacial score (nSPS) is 20.4. The van der Waals surface area contributed by atoms with Crippen LogP contribution in [0, 0.1) is 0 Å². The second-order valence-corrected chi connectivity index (χ2v) is 5.94. The molecule has 2 heterocycles. The third kappa shape index (κ3) is 2.72. The van der Waals surface area contributed by atoms with E-state index in [4.69, 9.17) is 5.73 Å². The van der Waals surface area contributed by atoms with Crippen LogP contribution in [0.25, 0.3) is 0 Å². The molecule has 0 saturated carbocycles. The van der Waals surface area contributed by atoms with Crippen molar-refractivity contribution in [3.8, 4) is 0 Å². The van der Waals surface area contributed by atoms with Gasteiger partial charge in [0, 0.05) is 30.6 Å². The molecule has 0 amide bonds. The van der Waals surface area contributed by atoms with Gasteiger partial charge in [-0.1, -0.05) is 20.8 Å². The van der Waals surface area contributed by atoms with Gasteiger partial charge in [-0.25, -0.2) is 9.97 Å². The van der Waals surface area contributed by atoms with Gasteiger partial charge in [-0.3, -0.25) is 0 Å². The van der Waals surface area contributed by atoms with Gasteiger partial charge >= 0.3 is 0 Å². The lowest BCUT2D eigenvalue weighted by Gasteiger charge is -2.22. The zero-order valence-electron chi connectivity index (χ0n) is 11.7. The second-order valence-electron chi connectivity index (χ2n) is 5.94. The molecule has 1 saturated heterocycles. The molecule has 1 atom stereocenters. The number of likely N-dealkylation sites (N-methyl/N-ethyl adjacent to an activating group) is 1. The first-order valence-electron chi connectivity index (χ1n) is 6.47. The summed E-state index contributed by atoms with van der Waals surface area (Å²) in [7, 11) is 2.00. The summed E-state index contributed by atoms with van der Waals surface area (Å²) in [5.74, 6) is 2.31. The molecule has 0 unspecified atom stereocenters. The highest BCUT2D eigenvalue weighted by Gasteiger charge is 2.25. The van der Waals surface area contributed by atoms with Crippen molar-refractivity contribution in [2.24, 2.45) is 0 Å². The van der Waals surface area contributed by atoms with Gasteiger partial charge in [-0.05, 0) is 13.5 Å². The maximum Gasteiger partial charge on any atom is 0.138 e. The molecular formula is C13H23N5. The predicted octanol–water partition coefficient (Wildman–Crippen LogP) is 1.15. The molecule has 1 aliphatic rings.